The Kier molecular flexibility index (Phi) is 14.3. The summed E-state index contributed by atoms with van der Waals surface area (Å²) in [5, 5.41) is 0. The van der Waals surface area contributed by atoms with Gasteiger partial charge in [0.05, 0.1) is 5.69 Å². The van der Waals surface area contributed by atoms with E-state index in [4.69, 9.17) is 4.98 Å². The minimum atomic E-state index is 0.950. The average Bonchev–Trinajstić information content (AvgIpc) is 2.93. The third kappa shape index (κ3) is 11.2. The lowest BCUT2D eigenvalue weighted by molar-refractivity contribution is 0.248. The maximum Gasteiger partial charge on any atom is 0.0702 e. The Labute approximate surface area is 223 Å². The van der Waals surface area contributed by atoms with Crippen LogP contribution < -0.4 is 0 Å². The molecule has 0 unspecified atom stereocenters. The van der Waals surface area contributed by atoms with Gasteiger partial charge in [-0.25, -0.2) is 0 Å². The topological polar surface area (TPSA) is 12.9 Å². The highest BCUT2D eigenvalue weighted by atomic mass is 14.7. The van der Waals surface area contributed by atoms with Crippen molar-refractivity contribution in [1.29, 1.82) is 0 Å². The molecule has 1 aliphatic carbocycles. The number of pyridine rings is 1. The van der Waals surface area contributed by atoms with E-state index in [1.807, 2.05) is 0 Å². The Morgan fingerprint density at radius 1 is 0.556 bits per heavy atom. The minimum absolute atomic E-state index is 0.950. The van der Waals surface area contributed by atoms with Gasteiger partial charge in [-0.1, -0.05) is 147 Å². The van der Waals surface area contributed by atoms with Crippen LogP contribution in [-0.2, 0) is 12.8 Å². The number of aryl methyl sites for hydroxylation is 2. The Hall–Kier alpha value is -1.63. The van der Waals surface area contributed by atoms with Crippen molar-refractivity contribution in [2.24, 2.45) is 11.8 Å². The molecular formula is C35H55N. The highest BCUT2D eigenvalue weighted by Crippen LogP contribution is 2.34. The second kappa shape index (κ2) is 17.8. The summed E-state index contributed by atoms with van der Waals surface area (Å²) in [4.78, 5) is 4.77. The van der Waals surface area contributed by atoms with Crippen molar-refractivity contribution in [3.63, 3.8) is 0 Å². The van der Waals surface area contributed by atoms with Crippen LogP contribution >= 0.6 is 0 Å². The number of unbranched alkanes of at least 4 members (excludes halogenated alkanes) is 10. The first-order valence-corrected chi connectivity index (χ1v) is 15.8. The summed E-state index contributed by atoms with van der Waals surface area (Å²) in [5.41, 5.74) is 5.23. The fraction of sp³-hybridized carbons (Fsp3) is 0.686. The van der Waals surface area contributed by atoms with Crippen LogP contribution in [0, 0.1) is 11.8 Å². The molecule has 0 bridgehead atoms. The molecular weight excluding hydrogens is 434 g/mol. The summed E-state index contributed by atoms with van der Waals surface area (Å²) in [5.74, 6) is 1.97. The molecule has 2 aromatic rings. The number of nitrogens with zero attached hydrogens (tertiary/aromatic N) is 1. The van der Waals surface area contributed by atoms with Crippen LogP contribution in [0.3, 0.4) is 0 Å². The first-order valence-electron chi connectivity index (χ1n) is 15.8. The summed E-state index contributed by atoms with van der Waals surface area (Å²) in [6.07, 6.45) is 30.0. The van der Waals surface area contributed by atoms with Crippen molar-refractivity contribution in [2.45, 2.75) is 142 Å². The van der Waals surface area contributed by atoms with Gasteiger partial charge < -0.3 is 0 Å². The van der Waals surface area contributed by atoms with Gasteiger partial charge in [0.1, 0.15) is 0 Å². The largest absolute Gasteiger partial charge is 0.256 e. The molecule has 0 spiro atoms. The molecule has 0 aliphatic heterocycles. The molecule has 1 aromatic heterocycles. The smallest absolute Gasteiger partial charge is 0.0702 e. The van der Waals surface area contributed by atoms with Crippen molar-refractivity contribution in [2.75, 3.05) is 0 Å². The summed E-state index contributed by atoms with van der Waals surface area (Å²) in [6.45, 7) is 4.59. The second-order valence-electron chi connectivity index (χ2n) is 11.7. The third-order valence-electron chi connectivity index (χ3n) is 8.67. The van der Waals surface area contributed by atoms with Crippen molar-refractivity contribution in [3.8, 4) is 11.3 Å². The lowest BCUT2D eigenvalue weighted by atomic mass is 9.77. The van der Waals surface area contributed by atoms with Crippen molar-refractivity contribution >= 4 is 0 Å². The minimum Gasteiger partial charge on any atom is -0.256 e. The zero-order valence-corrected chi connectivity index (χ0v) is 23.8. The lowest BCUT2D eigenvalue weighted by Gasteiger charge is -2.28. The van der Waals surface area contributed by atoms with E-state index in [9.17, 15) is 0 Å². The fourth-order valence-corrected chi connectivity index (χ4v) is 6.09. The molecule has 36 heavy (non-hydrogen) atoms. The van der Waals surface area contributed by atoms with Crippen molar-refractivity contribution < 1.29 is 0 Å². The Balaban J connectivity index is 1.30. The quantitative estimate of drug-likeness (QED) is 0.190. The molecule has 0 atom stereocenters. The predicted molar refractivity (Wildman–Crippen MR) is 159 cm³/mol. The van der Waals surface area contributed by atoms with Gasteiger partial charge in [0, 0.05) is 11.8 Å². The van der Waals surface area contributed by atoms with Crippen LogP contribution in [0.25, 0.3) is 11.3 Å². The van der Waals surface area contributed by atoms with Crippen LogP contribution in [-0.4, -0.2) is 4.98 Å². The number of hydrogen-bond acceptors (Lipinski definition) is 1. The highest BCUT2D eigenvalue weighted by molar-refractivity contribution is 5.59. The Morgan fingerprint density at radius 3 is 1.72 bits per heavy atom. The molecule has 1 heteroatoms. The van der Waals surface area contributed by atoms with E-state index in [2.05, 4.69) is 56.4 Å². The lowest BCUT2D eigenvalue weighted by Crippen LogP contribution is -2.15. The maximum atomic E-state index is 4.77. The van der Waals surface area contributed by atoms with E-state index >= 15 is 0 Å². The number of aromatic nitrogens is 1. The SMILES string of the molecule is CCCCCCCCc1ccc(-c2ccc(CC[C@H]3CC[C@H](CCCCCCCC)CC3)cc2)nc1. The summed E-state index contributed by atoms with van der Waals surface area (Å²) >= 11 is 0. The first-order chi connectivity index (χ1) is 17.8. The molecule has 1 nitrogen and oxygen atoms in total. The molecule has 0 radical (unpaired) electrons. The van der Waals surface area contributed by atoms with E-state index in [1.54, 1.807) is 0 Å². The average molecular weight is 490 g/mol. The fourth-order valence-electron chi connectivity index (χ4n) is 6.09. The van der Waals surface area contributed by atoms with Crippen LogP contribution in [0.2, 0.25) is 0 Å². The molecule has 1 aliphatic rings. The van der Waals surface area contributed by atoms with E-state index in [-0.39, 0.29) is 0 Å². The Bertz CT molecular complexity index is 782. The van der Waals surface area contributed by atoms with Crippen LogP contribution in [0.4, 0.5) is 0 Å². The standard InChI is InChI=1S/C35H55N/c1-3-5-7-9-11-13-15-30-17-19-31(20-18-30)21-22-32-23-26-34(27-24-32)35-28-25-33(29-36-35)16-14-12-10-8-6-4-2/h23-31H,3-22H2,1-2H3/t30-,31-. The van der Waals surface area contributed by atoms with Crippen molar-refractivity contribution in [1.82, 2.24) is 4.98 Å². The summed E-state index contributed by atoms with van der Waals surface area (Å²) in [7, 11) is 0. The summed E-state index contributed by atoms with van der Waals surface area (Å²) in [6, 6.07) is 13.7. The first kappa shape index (κ1) is 28.9. The number of benzene rings is 1. The van der Waals surface area contributed by atoms with Gasteiger partial charge in [-0.05, 0) is 54.7 Å². The van der Waals surface area contributed by atoms with E-state index in [0.29, 0.717) is 0 Å². The molecule has 1 fully saturated rings. The van der Waals surface area contributed by atoms with Gasteiger partial charge in [0.15, 0.2) is 0 Å². The molecule has 3 rings (SSSR count). The molecule has 1 aromatic carbocycles. The van der Waals surface area contributed by atoms with Crippen molar-refractivity contribution in [3.05, 3.63) is 53.7 Å². The molecule has 0 amide bonds. The second-order valence-corrected chi connectivity index (χ2v) is 11.7. The van der Waals surface area contributed by atoms with E-state index < -0.39 is 0 Å². The molecule has 1 saturated carbocycles. The van der Waals surface area contributed by atoms with Crippen LogP contribution in [0.5, 0.6) is 0 Å². The zero-order valence-electron chi connectivity index (χ0n) is 23.8. The van der Waals surface area contributed by atoms with Gasteiger partial charge in [0.2, 0.25) is 0 Å². The van der Waals surface area contributed by atoms with E-state index in [0.717, 1.165) is 17.5 Å². The zero-order chi connectivity index (χ0) is 25.3. The predicted octanol–water partition coefficient (Wildman–Crippen LogP) is 11.1. The van der Waals surface area contributed by atoms with E-state index in [1.165, 1.54) is 145 Å². The normalized spacial score (nSPS) is 17.9. The maximum absolute atomic E-state index is 4.77. The van der Waals surface area contributed by atoms with Gasteiger partial charge in [-0.15, -0.1) is 0 Å². The van der Waals surface area contributed by atoms with Crippen LogP contribution in [0.15, 0.2) is 42.6 Å². The van der Waals surface area contributed by atoms with Gasteiger partial charge in [-0.3, -0.25) is 4.98 Å². The molecule has 0 saturated heterocycles. The number of hydrogen-bond donors (Lipinski definition) is 0. The molecule has 200 valence electrons. The Morgan fingerprint density at radius 2 is 1.11 bits per heavy atom. The molecule has 1 heterocycles. The van der Waals surface area contributed by atoms with Gasteiger partial charge >= 0.3 is 0 Å². The summed E-state index contributed by atoms with van der Waals surface area (Å²) < 4.78 is 0. The number of rotatable bonds is 18. The van der Waals surface area contributed by atoms with Gasteiger partial charge in [-0.2, -0.15) is 0 Å². The third-order valence-corrected chi connectivity index (χ3v) is 8.67. The monoisotopic (exact) mass is 489 g/mol. The van der Waals surface area contributed by atoms with Crippen LogP contribution in [0.1, 0.15) is 141 Å². The van der Waals surface area contributed by atoms with Gasteiger partial charge in [0.25, 0.3) is 0 Å². The molecule has 0 N–H and O–H groups in total. The highest BCUT2D eigenvalue weighted by Gasteiger charge is 2.20.